The first-order chi connectivity index (χ1) is 8.86. The Morgan fingerprint density at radius 2 is 2.11 bits per heavy atom. The topological polar surface area (TPSA) is 12.0 Å². The average Bonchev–Trinajstić information content (AvgIpc) is 3.06. The second-order valence-corrected chi connectivity index (χ2v) is 5.84. The number of benzene rings is 1. The van der Waals surface area contributed by atoms with Crippen molar-refractivity contribution >= 4 is 11.3 Å². The van der Waals surface area contributed by atoms with E-state index in [1.165, 1.54) is 30.4 Å². The van der Waals surface area contributed by atoms with E-state index in [-0.39, 0.29) is 0 Å². The fourth-order valence-corrected chi connectivity index (χ4v) is 3.52. The van der Waals surface area contributed by atoms with Crippen molar-refractivity contribution in [2.24, 2.45) is 0 Å². The van der Waals surface area contributed by atoms with Gasteiger partial charge in [0.2, 0.25) is 0 Å². The third-order valence-electron chi connectivity index (χ3n) is 3.89. The number of thiophene rings is 1. The summed E-state index contributed by atoms with van der Waals surface area (Å²) in [5, 5.41) is 7.86. The highest BCUT2D eigenvalue weighted by molar-refractivity contribution is 7.07. The maximum Gasteiger partial charge on any atom is 0.0358 e. The Balaban J connectivity index is 1.83. The minimum Gasteiger partial charge on any atom is -0.313 e. The van der Waals surface area contributed by atoms with Crippen LogP contribution in [-0.4, -0.2) is 7.05 Å². The van der Waals surface area contributed by atoms with Crippen molar-refractivity contribution < 1.29 is 0 Å². The van der Waals surface area contributed by atoms with Crippen molar-refractivity contribution in [3.05, 3.63) is 57.3 Å². The Bertz CT molecular complexity index is 516. The number of nitrogens with one attached hydrogen (secondary N) is 1. The molecular formula is C16H19NS. The number of hydrogen-bond acceptors (Lipinski definition) is 2. The van der Waals surface area contributed by atoms with Crippen LogP contribution < -0.4 is 5.32 Å². The second kappa shape index (κ2) is 5.25. The molecule has 3 rings (SSSR count). The molecule has 1 unspecified atom stereocenters. The molecule has 2 heteroatoms. The van der Waals surface area contributed by atoms with Gasteiger partial charge in [-0.05, 0) is 71.8 Å². The summed E-state index contributed by atoms with van der Waals surface area (Å²) >= 11 is 1.78. The van der Waals surface area contributed by atoms with Gasteiger partial charge in [-0.25, -0.2) is 0 Å². The fourth-order valence-electron chi connectivity index (χ4n) is 2.84. The number of fused-ring (bicyclic) bond motifs is 1. The largest absolute Gasteiger partial charge is 0.313 e. The molecule has 1 aromatic carbocycles. The Kier molecular flexibility index (Phi) is 3.48. The molecule has 0 bridgehead atoms. The van der Waals surface area contributed by atoms with Gasteiger partial charge in [-0.1, -0.05) is 18.2 Å². The predicted molar refractivity (Wildman–Crippen MR) is 78.3 cm³/mol. The van der Waals surface area contributed by atoms with Gasteiger partial charge in [0.05, 0.1) is 0 Å². The number of rotatable bonds is 4. The van der Waals surface area contributed by atoms with Gasteiger partial charge in [-0.3, -0.25) is 0 Å². The zero-order valence-corrected chi connectivity index (χ0v) is 11.6. The lowest BCUT2D eigenvalue weighted by Gasteiger charge is -2.17. The molecule has 0 saturated carbocycles. The maximum absolute atomic E-state index is 3.45. The smallest absolute Gasteiger partial charge is 0.0358 e. The molecule has 1 aliphatic carbocycles. The molecule has 1 nitrogen and oxygen atoms in total. The molecule has 0 fully saturated rings. The summed E-state index contributed by atoms with van der Waals surface area (Å²) in [5.41, 5.74) is 5.99. The first-order valence-corrected chi connectivity index (χ1v) is 7.61. The molecule has 0 spiro atoms. The third kappa shape index (κ3) is 2.36. The number of aryl methyl sites for hydroxylation is 2. The van der Waals surface area contributed by atoms with Gasteiger partial charge in [0.25, 0.3) is 0 Å². The van der Waals surface area contributed by atoms with Crippen molar-refractivity contribution in [3.8, 4) is 0 Å². The molecule has 94 valence electrons. The SMILES string of the molecule is CNC(Cc1ccsc1)c1ccc2c(c1)CCC2. The minimum atomic E-state index is 0.436. The molecule has 0 radical (unpaired) electrons. The van der Waals surface area contributed by atoms with Crippen LogP contribution in [0.3, 0.4) is 0 Å². The molecule has 1 atom stereocenters. The molecule has 1 aromatic heterocycles. The summed E-state index contributed by atoms with van der Waals surface area (Å²) in [5.74, 6) is 0. The van der Waals surface area contributed by atoms with E-state index in [1.807, 2.05) is 0 Å². The van der Waals surface area contributed by atoms with Crippen LogP contribution in [-0.2, 0) is 19.3 Å². The highest BCUT2D eigenvalue weighted by atomic mass is 32.1. The van der Waals surface area contributed by atoms with Crippen LogP contribution in [0.1, 0.15) is 34.7 Å². The molecular weight excluding hydrogens is 238 g/mol. The molecule has 1 N–H and O–H groups in total. The monoisotopic (exact) mass is 257 g/mol. The van der Waals surface area contributed by atoms with E-state index in [4.69, 9.17) is 0 Å². The zero-order chi connectivity index (χ0) is 12.4. The quantitative estimate of drug-likeness (QED) is 0.880. The highest BCUT2D eigenvalue weighted by Gasteiger charge is 2.15. The van der Waals surface area contributed by atoms with Crippen molar-refractivity contribution in [1.29, 1.82) is 0 Å². The van der Waals surface area contributed by atoms with E-state index in [0.29, 0.717) is 6.04 Å². The Hall–Kier alpha value is -1.12. The van der Waals surface area contributed by atoms with Crippen molar-refractivity contribution in [2.75, 3.05) is 7.05 Å². The second-order valence-electron chi connectivity index (χ2n) is 5.06. The predicted octanol–water partition coefficient (Wildman–Crippen LogP) is 3.74. The van der Waals surface area contributed by atoms with Gasteiger partial charge < -0.3 is 5.32 Å². The van der Waals surface area contributed by atoms with Crippen LogP contribution in [0.2, 0.25) is 0 Å². The first-order valence-electron chi connectivity index (χ1n) is 6.67. The fraction of sp³-hybridized carbons (Fsp3) is 0.375. The highest BCUT2D eigenvalue weighted by Crippen LogP contribution is 2.27. The zero-order valence-electron chi connectivity index (χ0n) is 10.8. The Morgan fingerprint density at radius 3 is 2.89 bits per heavy atom. The van der Waals surface area contributed by atoms with Crippen LogP contribution in [0.5, 0.6) is 0 Å². The van der Waals surface area contributed by atoms with Gasteiger partial charge in [0, 0.05) is 6.04 Å². The lowest BCUT2D eigenvalue weighted by Crippen LogP contribution is -2.18. The van der Waals surface area contributed by atoms with Crippen LogP contribution >= 0.6 is 11.3 Å². The minimum absolute atomic E-state index is 0.436. The summed E-state index contributed by atoms with van der Waals surface area (Å²) in [4.78, 5) is 0. The van der Waals surface area contributed by atoms with Gasteiger partial charge in [-0.2, -0.15) is 11.3 Å². The third-order valence-corrected chi connectivity index (χ3v) is 4.63. The number of likely N-dealkylation sites (N-methyl/N-ethyl adjacent to an activating group) is 1. The van der Waals surface area contributed by atoms with E-state index in [0.717, 1.165) is 6.42 Å². The lowest BCUT2D eigenvalue weighted by atomic mass is 9.97. The van der Waals surface area contributed by atoms with Crippen LogP contribution in [0, 0.1) is 0 Å². The van der Waals surface area contributed by atoms with E-state index in [9.17, 15) is 0 Å². The van der Waals surface area contributed by atoms with Crippen LogP contribution in [0.4, 0.5) is 0 Å². The first kappa shape index (κ1) is 11.9. The van der Waals surface area contributed by atoms with Gasteiger partial charge in [-0.15, -0.1) is 0 Å². The van der Waals surface area contributed by atoms with E-state index in [2.05, 4.69) is 47.4 Å². The maximum atomic E-state index is 3.45. The summed E-state index contributed by atoms with van der Waals surface area (Å²) < 4.78 is 0. The molecule has 18 heavy (non-hydrogen) atoms. The van der Waals surface area contributed by atoms with Gasteiger partial charge in [0.15, 0.2) is 0 Å². The molecule has 2 aromatic rings. The van der Waals surface area contributed by atoms with E-state index < -0.39 is 0 Å². The van der Waals surface area contributed by atoms with E-state index >= 15 is 0 Å². The Labute approximate surface area is 113 Å². The number of hydrogen-bond donors (Lipinski definition) is 1. The molecule has 0 aliphatic heterocycles. The summed E-state index contributed by atoms with van der Waals surface area (Å²) in [6.07, 6.45) is 4.94. The van der Waals surface area contributed by atoms with Crippen molar-refractivity contribution in [3.63, 3.8) is 0 Å². The van der Waals surface area contributed by atoms with Crippen LogP contribution in [0.25, 0.3) is 0 Å². The molecule has 1 heterocycles. The van der Waals surface area contributed by atoms with E-state index in [1.54, 1.807) is 22.5 Å². The Morgan fingerprint density at radius 1 is 1.22 bits per heavy atom. The molecule has 0 saturated heterocycles. The summed E-state index contributed by atoms with van der Waals surface area (Å²) in [6, 6.07) is 9.71. The molecule has 1 aliphatic rings. The van der Waals surface area contributed by atoms with Crippen molar-refractivity contribution in [1.82, 2.24) is 5.32 Å². The normalized spacial score (nSPS) is 15.6. The van der Waals surface area contributed by atoms with Crippen molar-refractivity contribution in [2.45, 2.75) is 31.7 Å². The molecule has 0 amide bonds. The standard InChI is InChI=1S/C16H19NS/c1-17-16(9-12-7-8-18-11-12)15-6-5-13-3-2-4-14(13)10-15/h5-8,10-11,16-17H,2-4,9H2,1H3. The van der Waals surface area contributed by atoms with Crippen LogP contribution in [0.15, 0.2) is 35.0 Å². The average molecular weight is 257 g/mol. The van der Waals surface area contributed by atoms with Gasteiger partial charge >= 0.3 is 0 Å². The lowest BCUT2D eigenvalue weighted by molar-refractivity contribution is 0.592. The van der Waals surface area contributed by atoms with Gasteiger partial charge in [0.1, 0.15) is 0 Å². The summed E-state index contributed by atoms with van der Waals surface area (Å²) in [7, 11) is 2.06. The summed E-state index contributed by atoms with van der Waals surface area (Å²) in [6.45, 7) is 0.